The maximum Gasteiger partial charge on any atom is 0.233 e. The van der Waals surface area contributed by atoms with Gasteiger partial charge in [0, 0.05) is 42.9 Å². The largest absolute Gasteiger partial charge is 0.474 e. The number of amides is 1. The van der Waals surface area contributed by atoms with Crippen molar-refractivity contribution < 1.29 is 9.53 Å². The predicted octanol–water partition coefficient (Wildman–Crippen LogP) is 3.92. The Kier molecular flexibility index (Phi) is 5.44. The molecule has 136 valence electrons. The van der Waals surface area contributed by atoms with Gasteiger partial charge in [0.1, 0.15) is 6.10 Å². The fourth-order valence-electron chi connectivity index (χ4n) is 4.12. The van der Waals surface area contributed by atoms with Gasteiger partial charge in [-0.15, -0.1) is 11.8 Å². The number of carbonyl (C=O) groups is 1. The number of aromatic nitrogens is 1. The Hall–Kier alpha value is -2.01. The number of carbonyl (C=O) groups excluding carboxylic acids is 1. The molecule has 1 aromatic heterocycles. The molecule has 0 N–H and O–H groups in total. The Bertz CT molecular complexity index is 711. The van der Waals surface area contributed by atoms with Gasteiger partial charge in [-0.3, -0.25) is 4.79 Å². The number of pyridine rings is 1. The number of hydrogen-bond acceptors (Lipinski definition) is 4. The van der Waals surface area contributed by atoms with Crippen LogP contribution in [0.5, 0.6) is 5.88 Å². The minimum Gasteiger partial charge on any atom is -0.474 e. The second-order valence-corrected chi connectivity index (χ2v) is 8.03. The third-order valence-electron chi connectivity index (χ3n) is 5.24. The van der Waals surface area contributed by atoms with Crippen molar-refractivity contribution in [1.29, 1.82) is 0 Å². The Balaban J connectivity index is 1.29. The third-order valence-corrected chi connectivity index (χ3v) is 6.23. The first-order valence-electron chi connectivity index (χ1n) is 9.30. The summed E-state index contributed by atoms with van der Waals surface area (Å²) in [6.07, 6.45) is 5.96. The first-order valence-corrected chi connectivity index (χ1v) is 10.5. The Labute approximate surface area is 159 Å². The van der Waals surface area contributed by atoms with Gasteiger partial charge in [0.05, 0.1) is 5.75 Å². The number of rotatable bonds is 6. The van der Waals surface area contributed by atoms with Gasteiger partial charge in [-0.2, -0.15) is 0 Å². The van der Waals surface area contributed by atoms with Crippen LogP contribution in [-0.2, 0) is 10.5 Å². The molecule has 2 aliphatic heterocycles. The third kappa shape index (κ3) is 4.04. The average molecular weight is 369 g/mol. The molecule has 2 aromatic rings. The van der Waals surface area contributed by atoms with Crippen molar-refractivity contribution >= 4 is 17.7 Å². The van der Waals surface area contributed by atoms with Gasteiger partial charge in [-0.05, 0) is 24.5 Å². The summed E-state index contributed by atoms with van der Waals surface area (Å²) in [7, 11) is 0. The summed E-state index contributed by atoms with van der Waals surface area (Å²) in [4.78, 5) is 19.2. The van der Waals surface area contributed by atoms with E-state index in [1.165, 1.54) is 5.56 Å². The van der Waals surface area contributed by atoms with E-state index in [-0.39, 0.29) is 12.0 Å². The van der Waals surface area contributed by atoms with Crippen molar-refractivity contribution in [3.8, 4) is 5.88 Å². The Morgan fingerprint density at radius 3 is 2.50 bits per heavy atom. The quantitative estimate of drug-likeness (QED) is 0.775. The zero-order valence-electron chi connectivity index (χ0n) is 14.8. The molecular weight excluding hydrogens is 344 g/mol. The van der Waals surface area contributed by atoms with Crippen molar-refractivity contribution in [2.45, 2.75) is 49.6 Å². The van der Waals surface area contributed by atoms with Gasteiger partial charge in [-0.1, -0.05) is 36.4 Å². The molecule has 2 saturated heterocycles. The van der Waals surface area contributed by atoms with Crippen molar-refractivity contribution in [2.75, 3.05) is 5.75 Å². The molecule has 2 unspecified atom stereocenters. The molecule has 0 radical (unpaired) electrons. The number of benzene rings is 1. The van der Waals surface area contributed by atoms with E-state index in [0.717, 1.165) is 31.4 Å². The van der Waals surface area contributed by atoms with Crippen molar-refractivity contribution in [2.24, 2.45) is 0 Å². The Morgan fingerprint density at radius 2 is 1.81 bits per heavy atom. The normalized spacial score (nSPS) is 24.5. The highest BCUT2D eigenvalue weighted by Gasteiger charge is 2.43. The first-order chi connectivity index (χ1) is 12.8. The zero-order valence-corrected chi connectivity index (χ0v) is 15.6. The van der Waals surface area contributed by atoms with E-state index in [1.54, 1.807) is 18.0 Å². The molecule has 2 fully saturated rings. The number of fused-ring (bicyclic) bond motifs is 2. The van der Waals surface area contributed by atoms with E-state index in [1.807, 2.05) is 36.4 Å². The molecule has 2 bridgehead atoms. The van der Waals surface area contributed by atoms with Crippen LogP contribution < -0.4 is 4.74 Å². The highest BCUT2D eigenvalue weighted by molar-refractivity contribution is 7.99. The lowest BCUT2D eigenvalue weighted by molar-refractivity contribution is -0.134. The summed E-state index contributed by atoms with van der Waals surface area (Å²) in [6, 6.07) is 16.7. The van der Waals surface area contributed by atoms with Crippen LogP contribution in [-0.4, -0.2) is 39.7 Å². The molecule has 1 aromatic carbocycles. The number of ether oxygens (including phenoxy) is 1. The molecule has 4 rings (SSSR count). The topological polar surface area (TPSA) is 42.4 Å². The summed E-state index contributed by atoms with van der Waals surface area (Å²) in [6.45, 7) is 0. The minimum atomic E-state index is 0.170. The van der Waals surface area contributed by atoms with Gasteiger partial charge in [-0.25, -0.2) is 4.98 Å². The number of nitrogens with zero attached hydrogens (tertiary/aromatic N) is 2. The highest BCUT2D eigenvalue weighted by atomic mass is 32.2. The van der Waals surface area contributed by atoms with Gasteiger partial charge in [0.15, 0.2) is 0 Å². The van der Waals surface area contributed by atoms with E-state index in [4.69, 9.17) is 4.74 Å². The highest BCUT2D eigenvalue weighted by Crippen LogP contribution is 2.37. The van der Waals surface area contributed by atoms with Crippen molar-refractivity contribution in [1.82, 2.24) is 9.88 Å². The summed E-state index contributed by atoms with van der Waals surface area (Å²) < 4.78 is 6.05. The van der Waals surface area contributed by atoms with Gasteiger partial charge in [0.2, 0.25) is 11.8 Å². The standard InChI is InChI=1S/C21H24N2O2S/c24-21(15-26-14-16-6-2-1-3-7-16)23-17-9-10-18(23)13-19(12-17)25-20-8-4-5-11-22-20/h1-8,11,17-19H,9-10,12-15H2. The van der Waals surface area contributed by atoms with Crippen molar-refractivity contribution in [3.63, 3.8) is 0 Å². The molecule has 3 heterocycles. The fraction of sp³-hybridized carbons (Fsp3) is 0.429. The van der Waals surface area contributed by atoms with Crippen LogP contribution >= 0.6 is 11.8 Å². The Morgan fingerprint density at radius 1 is 1.08 bits per heavy atom. The van der Waals surface area contributed by atoms with Crippen LogP contribution in [0.1, 0.15) is 31.2 Å². The SMILES string of the molecule is O=C(CSCc1ccccc1)N1C2CCC1CC(Oc1ccccn1)C2. The zero-order chi connectivity index (χ0) is 17.8. The number of piperidine rings is 1. The van der Waals surface area contributed by atoms with E-state index >= 15 is 0 Å². The number of hydrogen-bond donors (Lipinski definition) is 0. The van der Waals surface area contributed by atoms with Crippen LogP contribution in [0.3, 0.4) is 0 Å². The van der Waals surface area contributed by atoms with Crippen LogP contribution in [0.4, 0.5) is 0 Å². The predicted molar refractivity (Wildman–Crippen MR) is 104 cm³/mol. The average Bonchev–Trinajstić information content (AvgIpc) is 2.94. The molecular formula is C21H24N2O2S. The summed E-state index contributed by atoms with van der Waals surface area (Å²) in [5, 5.41) is 0. The lowest BCUT2D eigenvalue weighted by Gasteiger charge is -2.38. The van der Waals surface area contributed by atoms with Crippen molar-refractivity contribution in [3.05, 3.63) is 60.3 Å². The second kappa shape index (κ2) is 8.12. The number of thioether (sulfide) groups is 1. The summed E-state index contributed by atoms with van der Waals surface area (Å²) in [5.41, 5.74) is 1.27. The maximum absolute atomic E-state index is 12.8. The molecule has 26 heavy (non-hydrogen) atoms. The lowest BCUT2D eigenvalue weighted by Crippen LogP contribution is -2.50. The second-order valence-electron chi connectivity index (χ2n) is 7.04. The molecule has 2 atom stereocenters. The van der Waals surface area contributed by atoms with E-state index in [2.05, 4.69) is 22.0 Å². The van der Waals surface area contributed by atoms with Crippen LogP contribution in [0.25, 0.3) is 0 Å². The maximum atomic E-state index is 12.8. The first kappa shape index (κ1) is 17.4. The molecule has 4 nitrogen and oxygen atoms in total. The molecule has 0 saturated carbocycles. The monoisotopic (exact) mass is 368 g/mol. The minimum absolute atomic E-state index is 0.170. The van der Waals surface area contributed by atoms with E-state index in [9.17, 15) is 4.79 Å². The molecule has 2 aliphatic rings. The lowest BCUT2D eigenvalue weighted by atomic mass is 9.99. The van der Waals surface area contributed by atoms with Crippen LogP contribution in [0.2, 0.25) is 0 Å². The molecule has 1 amide bonds. The van der Waals surface area contributed by atoms with Gasteiger partial charge < -0.3 is 9.64 Å². The fourth-order valence-corrected chi connectivity index (χ4v) is 4.98. The summed E-state index contributed by atoms with van der Waals surface area (Å²) >= 11 is 1.71. The van der Waals surface area contributed by atoms with Gasteiger partial charge in [0.25, 0.3) is 0 Å². The molecule has 5 heteroatoms. The van der Waals surface area contributed by atoms with Gasteiger partial charge >= 0.3 is 0 Å². The molecule has 0 spiro atoms. The van der Waals surface area contributed by atoms with Crippen LogP contribution in [0, 0.1) is 0 Å². The van der Waals surface area contributed by atoms with Crippen LogP contribution in [0.15, 0.2) is 54.7 Å². The van der Waals surface area contributed by atoms with E-state index in [0.29, 0.717) is 23.7 Å². The molecule has 0 aliphatic carbocycles. The van der Waals surface area contributed by atoms with E-state index < -0.39 is 0 Å². The summed E-state index contributed by atoms with van der Waals surface area (Å²) in [5.74, 6) is 2.43. The smallest absolute Gasteiger partial charge is 0.233 e.